The van der Waals surface area contributed by atoms with Crippen molar-refractivity contribution in [1.82, 2.24) is 0 Å². The van der Waals surface area contributed by atoms with E-state index >= 15 is 0 Å². The monoisotopic (exact) mass is 183 g/mol. The summed E-state index contributed by atoms with van der Waals surface area (Å²) >= 11 is 0. The molecule has 2 aromatic rings. The van der Waals surface area contributed by atoms with E-state index in [1.165, 1.54) is 35.6 Å². The van der Waals surface area contributed by atoms with E-state index in [9.17, 15) is 0 Å². The molecule has 0 aliphatic rings. The number of aryl methyl sites for hydroxylation is 1. The molecule has 0 atom stereocenters. The van der Waals surface area contributed by atoms with Crippen LogP contribution in [-0.2, 0) is 6.42 Å². The highest BCUT2D eigenvalue weighted by Crippen LogP contribution is 2.16. The lowest BCUT2D eigenvalue weighted by Crippen LogP contribution is -1.84. The minimum atomic E-state index is 1.19. The van der Waals surface area contributed by atoms with Crippen LogP contribution in [0.4, 0.5) is 0 Å². The summed E-state index contributed by atoms with van der Waals surface area (Å²) in [5, 5.41) is 2.52. The summed E-state index contributed by atoms with van der Waals surface area (Å²) in [4.78, 5) is 0. The average Bonchev–Trinajstić information content (AvgIpc) is 2.26. The molecule has 2 rings (SSSR count). The fraction of sp³-hybridized carbons (Fsp3) is 0.286. The van der Waals surface area contributed by atoms with Crippen LogP contribution in [0.3, 0.4) is 0 Å². The van der Waals surface area contributed by atoms with Gasteiger partial charge in [0.05, 0.1) is 0 Å². The summed E-state index contributed by atoms with van der Waals surface area (Å²) in [5.41, 5.74) is 1.43. The van der Waals surface area contributed by atoms with Crippen LogP contribution in [0.1, 0.15) is 25.3 Å². The molecule has 0 unspecified atom stereocenters. The van der Waals surface area contributed by atoms with E-state index in [0.717, 1.165) is 0 Å². The van der Waals surface area contributed by atoms with Gasteiger partial charge in [-0.25, -0.2) is 0 Å². The Morgan fingerprint density at radius 2 is 2.14 bits per heavy atom. The van der Waals surface area contributed by atoms with E-state index in [-0.39, 0.29) is 0 Å². The number of unbranched alkanes of at least 4 members (excludes halogenated alkanes) is 1. The van der Waals surface area contributed by atoms with Crippen LogP contribution in [0.2, 0.25) is 0 Å². The summed E-state index contributed by atoms with van der Waals surface area (Å²) in [6.45, 7) is 2.23. The lowest BCUT2D eigenvalue weighted by Gasteiger charge is -2.02. The van der Waals surface area contributed by atoms with E-state index in [0.29, 0.717) is 0 Å². The Hall–Kier alpha value is -1.30. The van der Waals surface area contributed by atoms with Crippen LogP contribution in [0, 0.1) is 6.07 Å². The molecule has 0 saturated carbocycles. The van der Waals surface area contributed by atoms with Gasteiger partial charge in [-0.2, -0.15) is 0 Å². The van der Waals surface area contributed by atoms with Gasteiger partial charge in [0, 0.05) is 0 Å². The van der Waals surface area contributed by atoms with E-state index < -0.39 is 0 Å². The maximum Gasteiger partial charge on any atom is -0.00991 e. The van der Waals surface area contributed by atoms with Crippen molar-refractivity contribution in [3.63, 3.8) is 0 Å². The first kappa shape index (κ1) is 9.26. The summed E-state index contributed by atoms with van der Waals surface area (Å²) in [7, 11) is 0. The lowest BCUT2D eigenvalue weighted by molar-refractivity contribution is 0.796. The van der Waals surface area contributed by atoms with Gasteiger partial charge in [0.25, 0.3) is 0 Å². The van der Waals surface area contributed by atoms with E-state index in [4.69, 9.17) is 0 Å². The number of rotatable bonds is 3. The molecule has 0 heteroatoms. The topological polar surface area (TPSA) is 0 Å². The minimum absolute atomic E-state index is 1.19. The van der Waals surface area contributed by atoms with Crippen molar-refractivity contribution < 1.29 is 0 Å². The molecular formula is C14H15. The van der Waals surface area contributed by atoms with Crippen LogP contribution in [0.15, 0.2) is 36.4 Å². The number of hydrogen-bond acceptors (Lipinski definition) is 0. The molecule has 0 aliphatic heterocycles. The second-order valence-corrected chi connectivity index (χ2v) is 3.70. The Morgan fingerprint density at radius 1 is 1.21 bits per heavy atom. The van der Waals surface area contributed by atoms with Gasteiger partial charge in [0.2, 0.25) is 0 Å². The summed E-state index contributed by atoms with van der Waals surface area (Å²) in [6.07, 6.45) is 3.73. The maximum absolute atomic E-state index is 3.27. The molecule has 0 N–H and O–H groups in total. The first-order valence-corrected chi connectivity index (χ1v) is 5.29. The SMILES string of the molecule is CCCCc1ccc2ccc[c]c2c1. The van der Waals surface area contributed by atoms with E-state index in [1.807, 2.05) is 12.1 Å². The number of benzene rings is 2. The Bertz CT molecular complexity index is 415. The lowest BCUT2D eigenvalue weighted by atomic mass is 10.0. The third-order valence-electron chi connectivity index (χ3n) is 2.55. The maximum atomic E-state index is 3.27. The molecule has 0 spiro atoms. The van der Waals surface area contributed by atoms with Gasteiger partial charge in [-0.1, -0.05) is 49.7 Å². The summed E-state index contributed by atoms with van der Waals surface area (Å²) in [6, 6.07) is 16.1. The van der Waals surface area contributed by atoms with Gasteiger partial charge in [0.1, 0.15) is 0 Å². The molecule has 0 amide bonds. The van der Waals surface area contributed by atoms with Crippen molar-refractivity contribution in [3.8, 4) is 0 Å². The van der Waals surface area contributed by atoms with Crippen molar-refractivity contribution in [3.05, 3.63) is 48.0 Å². The summed E-state index contributed by atoms with van der Waals surface area (Å²) < 4.78 is 0. The second kappa shape index (κ2) is 4.28. The van der Waals surface area contributed by atoms with Gasteiger partial charge < -0.3 is 0 Å². The quantitative estimate of drug-likeness (QED) is 0.675. The third-order valence-corrected chi connectivity index (χ3v) is 2.55. The molecule has 0 fully saturated rings. The predicted molar refractivity (Wildman–Crippen MR) is 61.4 cm³/mol. The number of fused-ring (bicyclic) bond motifs is 1. The fourth-order valence-corrected chi connectivity index (χ4v) is 1.70. The standard InChI is InChI=1S/C14H15/c1-2-3-6-12-9-10-13-7-4-5-8-14(13)11-12/h4-5,7,9-11H,2-3,6H2,1H3. The molecular weight excluding hydrogens is 168 g/mol. The Labute approximate surface area is 85.6 Å². The third kappa shape index (κ3) is 1.95. The highest BCUT2D eigenvalue weighted by Gasteiger charge is 1.95. The minimum Gasteiger partial charge on any atom is -0.0654 e. The smallest absolute Gasteiger partial charge is 0.00991 e. The largest absolute Gasteiger partial charge is 0.0654 e. The molecule has 71 valence electrons. The van der Waals surface area contributed by atoms with Crippen LogP contribution in [0.25, 0.3) is 10.8 Å². The van der Waals surface area contributed by atoms with Gasteiger partial charge in [-0.15, -0.1) is 0 Å². The number of hydrogen-bond donors (Lipinski definition) is 0. The normalized spacial score (nSPS) is 10.6. The van der Waals surface area contributed by atoms with Gasteiger partial charge in [0.15, 0.2) is 0 Å². The molecule has 0 bridgehead atoms. The van der Waals surface area contributed by atoms with Crippen molar-refractivity contribution in [2.45, 2.75) is 26.2 Å². The molecule has 0 nitrogen and oxygen atoms in total. The molecule has 0 aliphatic carbocycles. The highest BCUT2D eigenvalue weighted by molar-refractivity contribution is 5.82. The zero-order valence-electron chi connectivity index (χ0n) is 8.59. The van der Waals surface area contributed by atoms with Crippen molar-refractivity contribution in [2.75, 3.05) is 0 Å². The average molecular weight is 183 g/mol. The Kier molecular flexibility index (Phi) is 2.83. The first-order valence-electron chi connectivity index (χ1n) is 5.29. The predicted octanol–water partition coefficient (Wildman–Crippen LogP) is 3.98. The second-order valence-electron chi connectivity index (χ2n) is 3.70. The summed E-state index contributed by atoms with van der Waals surface area (Å²) in [5.74, 6) is 0. The van der Waals surface area contributed by atoms with Gasteiger partial charge in [-0.3, -0.25) is 0 Å². The Balaban J connectivity index is 2.32. The van der Waals surface area contributed by atoms with E-state index in [1.54, 1.807) is 0 Å². The zero-order valence-corrected chi connectivity index (χ0v) is 8.59. The van der Waals surface area contributed by atoms with Crippen LogP contribution in [0.5, 0.6) is 0 Å². The zero-order chi connectivity index (χ0) is 9.80. The molecule has 14 heavy (non-hydrogen) atoms. The Morgan fingerprint density at radius 3 is 3.00 bits per heavy atom. The van der Waals surface area contributed by atoms with E-state index in [2.05, 4.69) is 37.3 Å². The molecule has 0 heterocycles. The first-order chi connectivity index (χ1) is 6.90. The van der Waals surface area contributed by atoms with Crippen LogP contribution in [-0.4, -0.2) is 0 Å². The molecule has 2 aromatic carbocycles. The molecule has 0 aromatic heterocycles. The van der Waals surface area contributed by atoms with Crippen molar-refractivity contribution >= 4 is 10.8 Å². The van der Waals surface area contributed by atoms with Crippen molar-refractivity contribution in [2.24, 2.45) is 0 Å². The molecule has 1 radical (unpaired) electrons. The highest BCUT2D eigenvalue weighted by atomic mass is 14.0. The van der Waals surface area contributed by atoms with Crippen molar-refractivity contribution in [1.29, 1.82) is 0 Å². The fourth-order valence-electron chi connectivity index (χ4n) is 1.70. The van der Waals surface area contributed by atoms with Crippen LogP contribution >= 0.6 is 0 Å². The van der Waals surface area contributed by atoms with Gasteiger partial charge in [-0.05, 0) is 35.2 Å². The molecule has 0 saturated heterocycles. The van der Waals surface area contributed by atoms with Crippen LogP contribution < -0.4 is 0 Å². The van der Waals surface area contributed by atoms with Gasteiger partial charge >= 0.3 is 0 Å².